The molecule has 2 N–H and O–H groups in total. The second-order valence-electron chi connectivity index (χ2n) is 4.14. The quantitative estimate of drug-likeness (QED) is 0.568. The minimum Gasteiger partial charge on any atom is -0.361 e. The molecule has 19 heavy (non-hydrogen) atoms. The van der Waals surface area contributed by atoms with Gasteiger partial charge in [0.15, 0.2) is 5.82 Å². The maximum Gasteiger partial charge on any atom is 0.216 e. The van der Waals surface area contributed by atoms with E-state index in [0.717, 1.165) is 28.7 Å². The van der Waals surface area contributed by atoms with Gasteiger partial charge in [-0.3, -0.25) is 5.10 Å². The molecule has 2 heterocycles. The summed E-state index contributed by atoms with van der Waals surface area (Å²) in [5.74, 6) is 0.820. The number of rotatable bonds is 3. The Labute approximate surface area is 115 Å². The van der Waals surface area contributed by atoms with Gasteiger partial charge in [0.2, 0.25) is 4.77 Å². The van der Waals surface area contributed by atoms with E-state index >= 15 is 0 Å². The molecule has 0 aliphatic carbocycles. The third-order valence-electron chi connectivity index (χ3n) is 2.97. The minimum atomic E-state index is 0.507. The number of para-hydroxylation sites is 1. The normalized spacial score (nSPS) is 11.6. The van der Waals surface area contributed by atoms with Gasteiger partial charge in [-0.1, -0.05) is 25.1 Å². The lowest BCUT2D eigenvalue weighted by molar-refractivity contribution is 0.780. The predicted molar refractivity (Wildman–Crippen MR) is 78.1 cm³/mol. The van der Waals surface area contributed by atoms with E-state index in [-0.39, 0.29) is 0 Å². The van der Waals surface area contributed by atoms with E-state index < -0.39 is 0 Å². The maximum absolute atomic E-state index is 5.15. The standard InChI is InChI=1S/C13H13N5S/c1-2-12-16-17-13(19)18(12)15-8-9-7-14-11-6-4-3-5-10(9)11/h3-8,14H,2H2,1H3,(H,17,19)/b15-8-. The van der Waals surface area contributed by atoms with E-state index in [1.807, 2.05) is 31.3 Å². The molecular formula is C13H13N5S. The van der Waals surface area contributed by atoms with Gasteiger partial charge in [-0.05, 0) is 18.3 Å². The van der Waals surface area contributed by atoms with Crippen LogP contribution in [0.2, 0.25) is 0 Å². The van der Waals surface area contributed by atoms with Crippen LogP contribution in [0.25, 0.3) is 10.9 Å². The zero-order chi connectivity index (χ0) is 13.2. The number of fused-ring (bicyclic) bond motifs is 1. The zero-order valence-corrected chi connectivity index (χ0v) is 11.2. The molecule has 96 valence electrons. The molecule has 1 aromatic carbocycles. The molecule has 6 heteroatoms. The highest BCUT2D eigenvalue weighted by atomic mass is 32.1. The van der Waals surface area contributed by atoms with Crippen LogP contribution in [0, 0.1) is 4.77 Å². The number of aromatic amines is 2. The molecule has 0 amide bonds. The van der Waals surface area contributed by atoms with Gasteiger partial charge in [-0.15, -0.1) is 0 Å². The van der Waals surface area contributed by atoms with Gasteiger partial charge in [-0.2, -0.15) is 14.9 Å². The summed E-state index contributed by atoms with van der Waals surface area (Å²) in [5.41, 5.74) is 2.12. The van der Waals surface area contributed by atoms with Crippen LogP contribution in [-0.4, -0.2) is 26.1 Å². The Morgan fingerprint density at radius 3 is 3.11 bits per heavy atom. The Hall–Kier alpha value is -2.21. The monoisotopic (exact) mass is 271 g/mol. The van der Waals surface area contributed by atoms with Crippen LogP contribution in [0.1, 0.15) is 18.3 Å². The van der Waals surface area contributed by atoms with Gasteiger partial charge in [0, 0.05) is 29.1 Å². The highest BCUT2D eigenvalue weighted by Crippen LogP contribution is 2.15. The third-order valence-corrected chi connectivity index (χ3v) is 3.23. The molecular weight excluding hydrogens is 258 g/mol. The number of nitrogens with one attached hydrogen (secondary N) is 2. The molecule has 2 aromatic heterocycles. The Morgan fingerprint density at radius 2 is 2.26 bits per heavy atom. The summed E-state index contributed by atoms with van der Waals surface area (Å²) in [6.45, 7) is 2.02. The minimum absolute atomic E-state index is 0.507. The number of hydrogen-bond donors (Lipinski definition) is 2. The number of aromatic nitrogens is 4. The summed E-state index contributed by atoms with van der Waals surface area (Å²) >= 11 is 5.15. The fourth-order valence-corrected chi connectivity index (χ4v) is 2.19. The molecule has 0 unspecified atom stereocenters. The van der Waals surface area contributed by atoms with Crippen molar-refractivity contribution in [2.75, 3.05) is 0 Å². The number of H-pyrrole nitrogens is 2. The molecule has 0 saturated heterocycles. The van der Waals surface area contributed by atoms with Crippen LogP contribution in [0.15, 0.2) is 35.6 Å². The molecule has 0 fully saturated rings. The summed E-state index contributed by atoms with van der Waals surface area (Å²) in [7, 11) is 0. The largest absolute Gasteiger partial charge is 0.361 e. The fourth-order valence-electron chi connectivity index (χ4n) is 1.99. The average molecular weight is 271 g/mol. The van der Waals surface area contributed by atoms with Crippen molar-refractivity contribution in [3.05, 3.63) is 46.6 Å². The SMILES string of the molecule is CCc1n[nH]c(=S)n1/N=C\c1c[nH]c2ccccc12. The lowest BCUT2D eigenvalue weighted by Crippen LogP contribution is -1.97. The molecule has 3 rings (SSSR count). The molecule has 3 aromatic rings. The summed E-state index contributed by atoms with van der Waals surface area (Å²) in [6.07, 6.45) is 4.51. The summed E-state index contributed by atoms with van der Waals surface area (Å²) in [5, 5.41) is 12.4. The van der Waals surface area contributed by atoms with Crippen LogP contribution >= 0.6 is 12.2 Å². The molecule has 0 radical (unpaired) electrons. The van der Waals surface area contributed by atoms with Gasteiger partial charge >= 0.3 is 0 Å². The van der Waals surface area contributed by atoms with Crippen molar-refractivity contribution in [1.29, 1.82) is 0 Å². The number of hydrogen-bond acceptors (Lipinski definition) is 3. The smallest absolute Gasteiger partial charge is 0.216 e. The molecule has 0 atom stereocenters. The van der Waals surface area contributed by atoms with Gasteiger partial charge in [-0.25, -0.2) is 0 Å². The van der Waals surface area contributed by atoms with Crippen molar-refractivity contribution in [3.63, 3.8) is 0 Å². The Morgan fingerprint density at radius 1 is 1.42 bits per heavy atom. The predicted octanol–water partition coefficient (Wildman–Crippen LogP) is 2.87. The highest BCUT2D eigenvalue weighted by molar-refractivity contribution is 7.71. The summed E-state index contributed by atoms with van der Waals surface area (Å²) in [4.78, 5) is 3.21. The van der Waals surface area contributed by atoms with Crippen LogP contribution in [-0.2, 0) is 6.42 Å². The van der Waals surface area contributed by atoms with Gasteiger partial charge < -0.3 is 4.98 Å². The van der Waals surface area contributed by atoms with Crippen LogP contribution in [0.4, 0.5) is 0 Å². The van der Waals surface area contributed by atoms with Crippen molar-refractivity contribution in [2.45, 2.75) is 13.3 Å². The first-order valence-electron chi connectivity index (χ1n) is 6.06. The molecule has 0 saturated carbocycles. The molecule has 0 bridgehead atoms. The lowest BCUT2D eigenvalue weighted by Gasteiger charge is -1.96. The first kappa shape index (κ1) is 11.9. The van der Waals surface area contributed by atoms with Gasteiger partial charge in [0.1, 0.15) is 0 Å². The topological polar surface area (TPSA) is 61.8 Å². The van der Waals surface area contributed by atoms with E-state index in [1.165, 1.54) is 0 Å². The maximum atomic E-state index is 5.15. The Balaban J connectivity index is 2.03. The fraction of sp³-hybridized carbons (Fsp3) is 0.154. The first-order valence-corrected chi connectivity index (χ1v) is 6.47. The molecule has 0 aliphatic heterocycles. The Bertz CT molecular complexity index is 793. The van der Waals surface area contributed by atoms with Crippen molar-refractivity contribution >= 4 is 29.3 Å². The second-order valence-corrected chi connectivity index (χ2v) is 4.53. The van der Waals surface area contributed by atoms with Crippen LogP contribution in [0.5, 0.6) is 0 Å². The van der Waals surface area contributed by atoms with Crippen molar-refractivity contribution in [1.82, 2.24) is 19.9 Å². The van der Waals surface area contributed by atoms with Crippen LogP contribution < -0.4 is 0 Å². The number of benzene rings is 1. The van der Waals surface area contributed by atoms with E-state index in [9.17, 15) is 0 Å². The van der Waals surface area contributed by atoms with E-state index in [2.05, 4.69) is 26.3 Å². The number of nitrogens with zero attached hydrogens (tertiary/aromatic N) is 3. The summed E-state index contributed by atoms with van der Waals surface area (Å²) in [6, 6.07) is 8.10. The average Bonchev–Trinajstić information content (AvgIpc) is 3.00. The Kier molecular flexibility index (Phi) is 3.00. The molecule has 5 nitrogen and oxygen atoms in total. The first-order chi connectivity index (χ1) is 9.29. The van der Waals surface area contributed by atoms with Crippen LogP contribution in [0.3, 0.4) is 0 Å². The molecule has 0 aliphatic rings. The third kappa shape index (κ3) is 2.10. The highest BCUT2D eigenvalue weighted by Gasteiger charge is 2.03. The van der Waals surface area contributed by atoms with E-state index in [0.29, 0.717) is 4.77 Å². The van der Waals surface area contributed by atoms with Crippen molar-refractivity contribution < 1.29 is 0 Å². The summed E-state index contributed by atoms with van der Waals surface area (Å²) < 4.78 is 2.16. The van der Waals surface area contributed by atoms with Crippen molar-refractivity contribution in [2.24, 2.45) is 5.10 Å². The zero-order valence-electron chi connectivity index (χ0n) is 10.4. The number of aryl methyl sites for hydroxylation is 1. The van der Waals surface area contributed by atoms with Crippen molar-refractivity contribution in [3.8, 4) is 0 Å². The van der Waals surface area contributed by atoms with E-state index in [4.69, 9.17) is 12.2 Å². The second kappa shape index (κ2) is 4.81. The molecule has 0 spiro atoms. The van der Waals surface area contributed by atoms with Gasteiger partial charge in [0.05, 0.1) is 6.21 Å². The van der Waals surface area contributed by atoms with E-state index in [1.54, 1.807) is 10.9 Å². The van der Waals surface area contributed by atoms with Gasteiger partial charge in [0.25, 0.3) is 0 Å². The lowest BCUT2D eigenvalue weighted by atomic mass is 10.2.